The molecule has 0 aliphatic rings. The SMILES string of the molecule is CC(=O)c1c(Br)cccc1Br. The van der Waals surface area contributed by atoms with Gasteiger partial charge in [0, 0.05) is 14.5 Å². The molecule has 0 saturated carbocycles. The van der Waals surface area contributed by atoms with E-state index in [-0.39, 0.29) is 5.78 Å². The monoisotopic (exact) mass is 276 g/mol. The number of carbonyl (C=O) groups excluding carboxylic acids is 1. The topological polar surface area (TPSA) is 17.1 Å². The molecule has 0 saturated heterocycles. The molecule has 0 unspecified atom stereocenters. The summed E-state index contributed by atoms with van der Waals surface area (Å²) in [5.41, 5.74) is 0.701. The third kappa shape index (κ3) is 1.91. The van der Waals surface area contributed by atoms with Gasteiger partial charge in [0.2, 0.25) is 0 Å². The largest absolute Gasteiger partial charge is 0.294 e. The highest BCUT2D eigenvalue weighted by atomic mass is 79.9. The average molecular weight is 278 g/mol. The molecule has 0 aromatic heterocycles. The van der Waals surface area contributed by atoms with Crippen molar-refractivity contribution in [3.8, 4) is 0 Å². The minimum atomic E-state index is 0.0596. The van der Waals surface area contributed by atoms with Gasteiger partial charge in [-0.2, -0.15) is 0 Å². The third-order valence-corrected chi connectivity index (χ3v) is 2.64. The van der Waals surface area contributed by atoms with Gasteiger partial charge in [0.15, 0.2) is 5.78 Å². The number of ketones is 1. The molecule has 1 aromatic carbocycles. The minimum Gasteiger partial charge on any atom is -0.294 e. The molecule has 1 rings (SSSR count). The van der Waals surface area contributed by atoms with Crippen molar-refractivity contribution in [2.75, 3.05) is 0 Å². The van der Waals surface area contributed by atoms with Gasteiger partial charge in [-0.05, 0) is 19.1 Å². The van der Waals surface area contributed by atoms with Gasteiger partial charge in [-0.25, -0.2) is 0 Å². The van der Waals surface area contributed by atoms with E-state index in [4.69, 9.17) is 0 Å². The van der Waals surface area contributed by atoms with Gasteiger partial charge in [0.25, 0.3) is 0 Å². The van der Waals surface area contributed by atoms with Crippen LogP contribution in [0, 0.1) is 0 Å². The summed E-state index contributed by atoms with van der Waals surface area (Å²) >= 11 is 6.59. The van der Waals surface area contributed by atoms with E-state index in [0.717, 1.165) is 8.95 Å². The van der Waals surface area contributed by atoms with Crippen LogP contribution in [0.1, 0.15) is 17.3 Å². The summed E-state index contributed by atoms with van der Waals surface area (Å²) in [7, 11) is 0. The smallest absolute Gasteiger partial charge is 0.162 e. The van der Waals surface area contributed by atoms with Crippen molar-refractivity contribution < 1.29 is 4.79 Å². The minimum absolute atomic E-state index is 0.0596. The highest BCUT2D eigenvalue weighted by Crippen LogP contribution is 2.25. The summed E-state index contributed by atoms with van der Waals surface area (Å²) in [4.78, 5) is 11.0. The Hall–Kier alpha value is -0.150. The number of carbonyl (C=O) groups is 1. The standard InChI is InChI=1S/C8H6Br2O/c1-5(11)8-6(9)3-2-4-7(8)10/h2-4H,1H3. The first-order chi connectivity index (χ1) is 5.13. The molecule has 0 bridgehead atoms. The molecule has 3 heteroatoms. The maximum Gasteiger partial charge on any atom is 0.162 e. The Morgan fingerprint density at radius 1 is 1.27 bits per heavy atom. The fraction of sp³-hybridized carbons (Fsp3) is 0.125. The summed E-state index contributed by atoms with van der Waals surface area (Å²) in [6, 6.07) is 5.57. The Morgan fingerprint density at radius 3 is 2.00 bits per heavy atom. The zero-order valence-electron chi connectivity index (χ0n) is 5.90. The molecule has 0 radical (unpaired) electrons. The number of benzene rings is 1. The van der Waals surface area contributed by atoms with Crippen molar-refractivity contribution in [1.29, 1.82) is 0 Å². The Morgan fingerprint density at radius 2 is 1.73 bits per heavy atom. The van der Waals surface area contributed by atoms with Crippen molar-refractivity contribution in [2.24, 2.45) is 0 Å². The van der Waals surface area contributed by atoms with Crippen LogP contribution in [0.2, 0.25) is 0 Å². The maximum absolute atomic E-state index is 11.0. The van der Waals surface area contributed by atoms with E-state index in [1.165, 1.54) is 0 Å². The fourth-order valence-corrected chi connectivity index (χ4v) is 2.39. The summed E-state index contributed by atoms with van der Waals surface area (Å²) < 4.78 is 1.67. The van der Waals surface area contributed by atoms with Crippen LogP contribution in [-0.2, 0) is 0 Å². The van der Waals surface area contributed by atoms with Crippen LogP contribution in [0.15, 0.2) is 27.1 Å². The van der Waals surface area contributed by atoms with Gasteiger partial charge in [-0.15, -0.1) is 0 Å². The van der Waals surface area contributed by atoms with E-state index in [9.17, 15) is 4.79 Å². The Balaban J connectivity index is 3.32. The predicted molar refractivity (Wildman–Crippen MR) is 51.8 cm³/mol. The lowest BCUT2D eigenvalue weighted by Gasteiger charge is -2.01. The number of rotatable bonds is 1. The lowest BCUT2D eigenvalue weighted by Crippen LogP contribution is -1.94. The van der Waals surface area contributed by atoms with Gasteiger partial charge < -0.3 is 0 Å². The molecule has 0 amide bonds. The molecule has 11 heavy (non-hydrogen) atoms. The second-order valence-electron chi connectivity index (χ2n) is 2.15. The normalized spacial score (nSPS) is 9.73. The number of Topliss-reactive ketones (excluding diaryl/α,β-unsaturated/α-hetero) is 1. The van der Waals surface area contributed by atoms with E-state index < -0.39 is 0 Å². The van der Waals surface area contributed by atoms with E-state index in [1.807, 2.05) is 18.2 Å². The van der Waals surface area contributed by atoms with Crippen molar-refractivity contribution >= 4 is 37.6 Å². The average Bonchev–Trinajstić information content (AvgIpc) is 1.85. The summed E-state index contributed by atoms with van der Waals surface area (Å²) in [6.07, 6.45) is 0. The van der Waals surface area contributed by atoms with E-state index >= 15 is 0 Å². The fourth-order valence-electron chi connectivity index (χ4n) is 0.834. The molecule has 0 heterocycles. The van der Waals surface area contributed by atoms with Crippen LogP contribution in [-0.4, -0.2) is 5.78 Å². The molecule has 0 aliphatic carbocycles. The predicted octanol–water partition coefficient (Wildman–Crippen LogP) is 3.41. The van der Waals surface area contributed by atoms with Gasteiger partial charge in [-0.3, -0.25) is 4.79 Å². The van der Waals surface area contributed by atoms with Gasteiger partial charge in [-0.1, -0.05) is 37.9 Å². The zero-order chi connectivity index (χ0) is 8.43. The molecule has 1 aromatic rings. The van der Waals surface area contributed by atoms with Crippen molar-refractivity contribution in [3.63, 3.8) is 0 Å². The molecule has 0 atom stereocenters. The molecular weight excluding hydrogens is 272 g/mol. The van der Waals surface area contributed by atoms with Gasteiger partial charge in [0.1, 0.15) is 0 Å². The highest BCUT2D eigenvalue weighted by molar-refractivity contribution is 9.11. The van der Waals surface area contributed by atoms with E-state index in [1.54, 1.807) is 6.92 Å². The molecule has 1 nitrogen and oxygen atoms in total. The summed E-state index contributed by atoms with van der Waals surface area (Å²) in [5, 5.41) is 0. The summed E-state index contributed by atoms with van der Waals surface area (Å²) in [6.45, 7) is 1.55. The lowest BCUT2D eigenvalue weighted by atomic mass is 10.2. The van der Waals surface area contributed by atoms with Crippen molar-refractivity contribution in [3.05, 3.63) is 32.7 Å². The maximum atomic E-state index is 11.0. The third-order valence-electron chi connectivity index (χ3n) is 1.31. The van der Waals surface area contributed by atoms with Crippen LogP contribution < -0.4 is 0 Å². The lowest BCUT2D eigenvalue weighted by molar-refractivity contribution is 0.101. The van der Waals surface area contributed by atoms with E-state index in [0.29, 0.717) is 5.56 Å². The molecule has 0 N–H and O–H groups in total. The zero-order valence-corrected chi connectivity index (χ0v) is 9.07. The van der Waals surface area contributed by atoms with Gasteiger partial charge in [0.05, 0.1) is 0 Å². The van der Waals surface area contributed by atoms with Crippen LogP contribution in [0.5, 0.6) is 0 Å². The first-order valence-electron chi connectivity index (χ1n) is 3.08. The summed E-state index contributed by atoms with van der Waals surface area (Å²) in [5.74, 6) is 0.0596. The molecule has 58 valence electrons. The first-order valence-corrected chi connectivity index (χ1v) is 4.66. The Bertz CT molecular complexity index is 274. The van der Waals surface area contributed by atoms with Crippen LogP contribution in [0.4, 0.5) is 0 Å². The van der Waals surface area contributed by atoms with Gasteiger partial charge >= 0.3 is 0 Å². The number of hydrogen-bond donors (Lipinski definition) is 0. The van der Waals surface area contributed by atoms with Crippen LogP contribution >= 0.6 is 31.9 Å². The quantitative estimate of drug-likeness (QED) is 0.719. The Kier molecular flexibility index (Phi) is 2.84. The highest BCUT2D eigenvalue weighted by Gasteiger charge is 2.07. The van der Waals surface area contributed by atoms with Crippen molar-refractivity contribution in [1.82, 2.24) is 0 Å². The van der Waals surface area contributed by atoms with Crippen molar-refractivity contribution in [2.45, 2.75) is 6.92 Å². The van der Waals surface area contributed by atoms with Crippen LogP contribution in [0.25, 0.3) is 0 Å². The second-order valence-corrected chi connectivity index (χ2v) is 3.86. The number of hydrogen-bond acceptors (Lipinski definition) is 1. The first kappa shape index (κ1) is 8.94. The second kappa shape index (κ2) is 3.50. The Labute approximate surface area is 82.1 Å². The molecule has 0 aliphatic heterocycles. The molecular formula is C8H6Br2O. The number of halogens is 2. The molecule has 0 fully saturated rings. The molecule has 0 spiro atoms. The van der Waals surface area contributed by atoms with E-state index in [2.05, 4.69) is 31.9 Å². The van der Waals surface area contributed by atoms with Crippen LogP contribution in [0.3, 0.4) is 0 Å².